The first-order valence-electron chi connectivity index (χ1n) is 15.9. The van der Waals surface area contributed by atoms with Gasteiger partial charge in [-0.1, -0.05) is 28.3 Å². The van der Waals surface area contributed by atoms with E-state index in [2.05, 4.69) is 41.6 Å². The topological polar surface area (TPSA) is 253 Å². The standard InChI is InChI=1S/C30H39N9O10S4/c1-29(2,3)48-26(45)31-8-7-9-47-38-18(16-13-51-25(34-16)33-14-40)21(41)35-19-22(42)39-20(24(43)44)15(11-50-23(19)39)12-52-28-37-36-17(53-28)10-32-27(46)49-30(4,5)6/h13-14,19,23H,7-12H2,1-6H3,(H,31,45)(H,32,46)(H,35,41)(H,43,44)(H,33,34,40)/t19?,23-/m1/s1. The number of hydrogen-bond acceptors (Lipinski definition) is 17. The lowest BCUT2D eigenvalue weighted by Crippen LogP contribution is -2.71. The number of aromatic nitrogens is 3. The highest BCUT2D eigenvalue weighted by Crippen LogP contribution is 2.42. The van der Waals surface area contributed by atoms with Gasteiger partial charge in [0.05, 0.1) is 6.54 Å². The molecule has 5 amide bonds. The third-order valence-corrected chi connectivity index (χ3v) is 10.8. The molecule has 1 fully saturated rings. The predicted octanol–water partition coefficient (Wildman–Crippen LogP) is 2.75. The molecule has 0 aromatic carbocycles. The molecule has 2 aliphatic rings. The summed E-state index contributed by atoms with van der Waals surface area (Å²) in [6.07, 6.45) is -0.448. The number of rotatable bonds is 16. The number of carboxylic acids is 1. The molecule has 4 rings (SSSR count). The van der Waals surface area contributed by atoms with Gasteiger partial charge in [0.1, 0.15) is 45.6 Å². The van der Waals surface area contributed by atoms with Crippen molar-refractivity contribution < 1.29 is 48.2 Å². The Balaban J connectivity index is 1.37. The fraction of sp³-hybridized carbons (Fsp3) is 0.533. The average molecular weight is 814 g/mol. The monoisotopic (exact) mass is 813 g/mol. The highest BCUT2D eigenvalue weighted by atomic mass is 32.2. The van der Waals surface area contributed by atoms with Crippen LogP contribution in [0.25, 0.3) is 0 Å². The zero-order valence-corrected chi connectivity index (χ0v) is 32.8. The van der Waals surface area contributed by atoms with Gasteiger partial charge in [-0.05, 0) is 47.1 Å². The molecule has 23 heteroatoms. The fourth-order valence-corrected chi connectivity index (χ4v) is 8.41. The molecular formula is C30H39N9O10S4. The van der Waals surface area contributed by atoms with Crippen molar-refractivity contribution in [3.63, 3.8) is 0 Å². The number of thiazole rings is 1. The molecule has 0 saturated carbocycles. The summed E-state index contributed by atoms with van der Waals surface area (Å²) in [5.41, 5.74) is -1.21. The van der Waals surface area contributed by atoms with Crippen LogP contribution < -0.4 is 21.3 Å². The number of aliphatic carboxylic acids is 1. The molecule has 2 aliphatic heterocycles. The molecule has 288 valence electrons. The Kier molecular flexibility index (Phi) is 14.0. The number of thioether (sulfide) groups is 2. The Morgan fingerprint density at radius 1 is 1.09 bits per heavy atom. The van der Waals surface area contributed by atoms with E-state index in [0.717, 1.165) is 16.2 Å². The van der Waals surface area contributed by atoms with E-state index in [0.29, 0.717) is 27.8 Å². The molecular weight excluding hydrogens is 775 g/mol. The van der Waals surface area contributed by atoms with Crippen molar-refractivity contribution >= 4 is 93.4 Å². The van der Waals surface area contributed by atoms with Gasteiger partial charge in [-0.2, -0.15) is 0 Å². The SMILES string of the molecule is CC(C)(C)OC(=O)NCCCON=C(C(=O)NC1C(=O)N2C(C(=O)O)=C(CSc3nnc(CNC(=O)OC(C)(C)C)s3)CS[C@H]12)c1csc(NC=O)n1. The number of carboxylic acid groups (broad SMARTS) is 1. The van der Waals surface area contributed by atoms with Crippen LogP contribution in [0.1, 0.15) is 58.7 Å². The summed E-state index contributed by atoms with van der Waals surface area (Å²) >= 11 is 4.79. The normalized spacial score (nSPS) is 17.3. The molecule has 2 aromatic heterocycles. The van der Waals surface area contributed by atoms with Crippen LogP contribution in [0, 0.1) is 0 Å². The molecule has 2 atom stereocenters. The highest BCUT2D eigenvalue weighted by Gasteiger charge is 2.54. The number of carbonyl (C=O) groups is 6. The van der Waals surface area contributed by atoms with Crippen LogP contribution in [-0.2, 0) is 40.0 Å². The van der Waals surface area contributed by atoms with Gasteiger partial charge in [0.15, 0.2) is 15.2 Å². The van der Waals surface area contributed by atoms with Crippen LogP contribution in [0.5, 0.6) is 0 Å². The number of hydrogen-bond donors (Lipinski definition) is 5. The van der Waals surface area contributed by atoms with Gasteiger partial charge in [0.2, 0.25) is 6.41 Å². The van der Waals surface area contributed by atoms with E-state index in [9.17, 15) is 33.9 Å². The minimum absolute atomic E-state index is 0.000331. The first kappa shape index (κ1) is 41.3. The average Bonchev–Trinajstić information content (AvgIpc) is 3.72. The largest absolute Gasteiger partial charge is 0.477 e. The van der Waals surface area contributed by atoms with Gasteiger partial charge in [0.25, 0.3) is 11.8 Å². The summed E-state index contributed by atoms with van der Waals surface area (Å²) in [6.45, 7) is 10.8. The summed E-state index contributed by atoms with van der Waals surface area (Å²) in [7, 11) is 0. The lowest BCUT2D eigenvalue weighted by Gasteiger charge is -2.49. The van der Waals surface area contributed by atoms with Crippen LogP contribution in [0.3, 0.4) is 0 Å². The zero-order chi connectivity index (χ0) is 38.9. The van der Waals surface area contributed by atoms with E-state index in [-0.39, 0.29) is 53.4 Å². The smallest absolute Gasteiger partial charge is 0.408 e. The fourth-order valence-electron chi connectivity index (χ4n) is 4.44. The zero-order valence-electron chi connectivity index (χ0n) is 29.5. The first-order chi connectivity index (χ1) is 25.0. The summed E-state index contributed by atoms with van der Waals surface area (Å²) in [6, 6.07) is -1.08. The van der Waals surface area contributed by atoms with Crippen molar-refractivity contribution in [1.82, 2.24) is 36.0 Å². The van der Waals surface area contributed by atoms with Gasteiger partial charge in [0, 0.05) is 29.9 Å². The number of alkyl carbamates (subject to hydrolysis) is 2. The number of carbonyl (C=O) groups excluding carboxylic acids is 5. The molecule has 0 aliphatic carbocycles. The number of nitrogens with zero attached hydrogens (tertiary/aromatic N) is 5. The third kappa shape index (κ3) is 12.0. The maximum atomic E-state index is 13.5. The molecule has 19 nitrogen and oxygen atoms in total. The molecule has 0 radical (unpaired) electrons. The Hall–Kier alpha value is -4.48. The van der Waals surface area contributed by atoms with Gasteiger partial charge < -0.3 is 40.7 Å². The summed E-state index contributed by atoms with van der Waals surface area (Å²) in [4.78, 5) is 84.6. The molecule has 1 unspecified atom stereocenters. The van der Waals surface area contributed by atoms with Crippen LogP contribution >= 0.6 is 46.2 Å². The number of anilines is 1. The van der Waals surface area contributed by atoms with Crippen molar-refractivity contribution in [3.05, 3.63) is 27.4 Å². The van der Waals surface area contributed by atoms with Crippen molar-refractivity contribution in [1.29, 1.82) is 0 Å². The van der Waals surface area contributed by atoms with Crippen molar-refractivity contribution in [3.8, 4) is 0 Å². The Labute approximate surface area is 320 Å². The maximum absolute atomic E-state index is 13.5. The number of fused-ring (bicyclic) bond motifs is 1. The third-order valence-electron chi connectivity index (χ3n) is 6.52. The number of ether oxygens (including phenoxy) is 2. The first-order valence-corrected chi connectivity index (χ1v) is 19.6. The molecule has 0 bridgehead atoms. The second-order valence-electron chi connectivity index (χ2n) is 13.1. The molecule has 53 heavy (non-hydrogen) atoms. The van der Waals surface area contributed by atoms with Gasteiger partial charge >= 0.3 is 18.2 Å². The summed E-state index contributed by atoms with van der Waals surface area (Å²) in [5.74, 6) is -2.27. The summed E-state index contributed by atoms with van der Waals surface area (Å²) in [5, 5.41) is 33.9. The minimum Gasteiger partial charge on any atom is -0.477 e. The van der Waals surface area contributed by atoms with E-state index in [4.69, 9.17) is 14.3 Å². The number of nitrogens with one attached hydrogen (secondary N) is 4. The van der Waals surface area contributed by atoms with Crippen LogP contribution in [0.15, 0.2) is 26.1 Å². The highest BCUT2D eigenvalue weighted by molar-refractivity contribution is 8.01. The van der Waals surface area contributed by atoms with E-state index in [1.165, 1.54) is 40.2 Å². The van der Waals surface area contributed by atoms with E-state index < -0.39 is 52.6 Å². The van der Waals surface area contributed by atoms with E-state index in [1.807, 2.05) is 0 Å². The van der Waals surface area contributed by atoms with Gasteiger partial charge in [-0.3, -0.25) is 19.3 Å². The Bertz CT molecular complexity index is 1770. The molecule has 1 saturated heterocycles. The lowest BCUT2D eigenvalue weighted by atomic mass is 10.0. The van der Waals surface area contributed by atoms with E-state index >= 15 is 0 Å². The van der Waals surface area contributed by atoms with Crippen LogP contribution in [0.2, 0.25) is 0 Å². The Morgan fingerprint density at radius 2 is 1.79 bits per heavy atom. The minimum atomic E-state index is -1.29. The second kappa shape index (κ2) is 18.0. The number of amides is 5. The quantitative estimate of drug-likeness (QED) is 0.0408. The molecule has 5 N–H and O–H groups in total. The van der Waals surface area contributed by atoms with Gasteiger partial charge in [-0.15, -0.1) is 33.3 Å². The lowest BCUT2D eigenvalue weighted by molar-refractivity contribution is -0.150. The number of oxime groups is 1. The van der Waals surface area contributed by atoms with E-state index in [1.54, 1.807) is 41.5 Å². The van der Waals surface area contributed by atoms with Gasteiger partial charge in [-0.25, -0.2) is 19.4 Å². The van der Waals surface area contributed by atoms with Crippen LogP contribution in [0.4, 0.5) is 14.7 Å². The molecule has 2 aromatic rings. The van der Waals surface area contributed by atoms with Crippen LogP contribution in [-0.4, -0.2) is 115 Å². The molecule has 0 spiro atoms. The predicted molar refractivity (Wildman–Crippen MR) is 197 cm³/mol. The summed E-state index contributed by atoms with van der Waals surface area (Å²) < 4.78 is 10.9. The van der Waals surface area contributed by atoms with Crippen molar-refractivity contribution in [2.45, 2.75) is 81.5 Å². The van der Waals surface area contributed by atoms with Crippen molar-refractivity contribution in [2.75, 3.05) is 30.0 Å². The maximum Gasteiger partial charge on any atom is 0.408 e. The van der Waals surface area contributed by atoms with Crippen molar-refractivity contribution in [2.24, 2.45) is 5.16 Å². The molecule has 4 heterocycles. The Morgan fingerprint density at radius 3 is 2.45 bits per heavy atom. The number of β-lactam (4-membered cyclic amide) rings is 1. The second-order valence-corrected chi connectivity index (χ2v) is 17.3.